The topological polar surface area (TPSA) is 76.1 Å². The Morgan fingerprint density at radius 2 is 1.87 bits per heavy atom. The normalized spacial score (nSPS) is 15.4. The molecular weight excluding hydrogens is 382 g/mol. The van der Waals surface area contributed by atoms with Crippen molar-refractivity contribution < 1.29 is 24.2 Å². The Bertz CT molecular complexity index is 866. The Balaban J connectivity index is 1.64. The van der Waals surface area contributed by atoms with Crippen LogP contribution in [0.15, 0.2) is 48.5 Å². The number of fused-ring (bicyclic) bond motifs is 1. The molecule has 160 valence electrons. The van der Waals surface area contributed by atoms with E-state index in [1.807, 2.05) is 29.2 Å². The third-order valence-electron chi connectivity index (χ3n) is 5.15. The molecule has 0 fully saturated rings. The molecule has 1 atom stereocenters. The molecule has 1 aliphatic heterocycles. The minimum atomic E-state index is -0.910. The standard InChI is InChI=1S/C24H29NO5/c1-2-3-4-9-15-25-19-11-6-8-13-21(19)30-22(24(25)28)14-16-29-20-12-7-5-10-18(20)17-23(26)27/h5-8,10-13,22H,2-4,9,14-17H2,1H3,(H,26,27)/t22-/m0/s1. The van der Waals surface area contributed by atoms with Gasteiger partial charge in [-0.05, 0) is 24.6 Å². The third kappa shape index (κ3) is 5.53. The minimum absolute atomic E-state index is 0.0485. The summed E-state index contributed by atoms with van der Waals surface area (Å²) in [6.07, 6.45) is 4.03. The second-order valence-electron chi connectivity index (χ2n) is 7.44. The molecule has 0 spiro atoms. The number of rotatable bonds is 11. The molecule has 1 aliphatic rings. The van der Waals surface area contributed by atoms with E-state index >= 15 is 0 Å². The average molecular weight is 411 g/mol. The number of carboxylic acids is 1. The van der Waals surface area contributed by atoms with Gasteiger partial charge in [0.25, 0.3) is 5.91 Å². The summed E-state index contributed by atoms with van der Waals surface area (Å²) in [5.41, 5.74) is 1.44. The van der Waals surface area contributed by atoms with E-state index in [0.717, 1.165) is 31.4 Å². The fraction of sp³-hybridized carbons (Fsp3) is 0.417. The highest BCUT2D eigenvalue weighted by molar-refractivity contribution is 6.00. The van der Waals surface area contributed by atoms with Gasteiger partial charge in [0.05, 0.1) is 18.7 Å². The van der Waals surface area contributed by atoms with E-state index in [0.29, 0.717) is 30.0 Å². The lowest BCUT2D eigenvalue weighted by Gasteiger charge is -2.34. The van der Waals surface area contributed by atoms with Crippen LogP contribution in [-0.4, -0.2) is 36.2 Å². The summed E-state index contributed by atoms with van der Waals surface area (Å²) in [7, 11) is 0. The van der Waals surface area contributed by atoms with Crippen LogP contribution in [0.5, 0.6) is 11.5 Å². The molecule has 6 nitrogen and oxygen atoms in total. The molecule has 0 saturated heterocycles. The lowest BCUT2D eigenvalue weighted by atomic mass is 10.1. The first-order valence-electron chi connectivity index (χ1n) is 10.6. The van der Waals surface area contributed by atoms with E-state index in [-0.39, 0.29) is 18.9 Å². The second kappa shape index (κ2) is 10.7. The molecule has 0 aliphatic carbocycles. The molecule has 0 unspecified atom stereocenters. The number of carbonyl (C=O) groups excluding carboxylic acids is 1. The van der Waals surface area contributed by atoms with E-state index in [2.05, 4.69) is 6.92 Å². The van der Waals surface area contributed by atoms with Gasteiger partial charge in [0.15, 0.2) is 6.10 Å². The molecule has 1 heterocycles. The maximum Gasteiger partial charge on any atom is 0.307 e. The number of amides is 1. The van der Waals surface area contributed by atoms with Gasteiger partial charge in [-0.1, -0.05) is 56.5 Å². The number of carboxylic acid groups (broad SMARTS) is 1. The van der Waals surface area contributed by atoms with Gasteiger partial charge in [0, 0.05) is 18.5 Å². The summed E-state index contributed by atoms with van der Waals surface area (Å²) >= 11 is 0. The highest BCUT2D eigenvalue weighted by Crippen LogP contribution is 2.34. The Hall–Kier alpha value is -3.02. The van der Waals surface area contributed by atoms with Gasteiger partial charge in [-0.3, -0.25) is 9.59 Å². The van der Waals surface area contributed by atoms with E-state index in [9.17, 15) is 9.59 Å². The van der Waals surface area contributed by atoms with Gasteiger partial charge >= 0.3 is 5.97 Å². The Kier molecular flexibility index (Phi) is 7.71. The van der Waals surface area contributed by atoms with Gasteiger partial charge in [0.1, 0.15) is 11.5 Å². The Labute approximate surface area is 177 Å². The number of ether oxygens (including phenoxy) is 2. The molecular formula is C24H29NO5. The number of para-hydroxylation sites is 3. The monoisotopic (exact) mass is 411 g/mol. The van der Waals surface area contributed by atoms with Crippen LogP contribution in [0.1, 0.15) is 44.6 Å². The van der Waals surface area contributed by atoms with Gasteiger partial charge in [-0.25, -0.2) is 0 Å². The summed E-state index contributed by atoms with van der Waals surface area (Å²) in [5, 5.41) is 9.06. The smallest absolute Gasteiger partial charge is 0.307 e. The Morgan fingerprint density at radius 1 is 1.10 bits per heavy atom. The van der Waals surface area contributed by atoms with Crippen LogP contribution in [0.4, 0.5) is 5.69 Å². The van der Waals surface area contributed by atoms with Gasteiger partial charge < -0.3 is 19.5 Å². The van der Waals surface area contributed by atoms with E-state index in [1.54, 1.807) is 24.3 Å². The van der Waals surface area contributed by atoms with Gasteiger partial charge in [0.2, 0.25) is 0 Å². The molecule has 3 rings (SSSR count). The highest BCUT2D eigenvalue weighted by atomic mass is 16.5. The van der Waals surface area contributed by atoms with E-state index < -0.39 is 12.1 Å². The summed E-state index contributed by atoms with van der Waals surface area (Å²) in [6, 6.07) is 14.7. The summed E-state index contributed by atoms with van der Waals surface area (Å²) in [5.74, 6) is 0.281. The molecule has 1 amide bonds. The number of hydrogen-bond acceptors (Lipinski definition) is 4. The van der Waals surface area contributed by atoms with Crippen molar-refractivity contribution >= 4 is 17.6 Å². The number of anilines is 1. The largest absolute Gasteiger partial charge is 0.493 e. The van der Waals surface area contributed by atoms with Crippen LogP contribution in [0.3, 0.4) is 0 Å². The Morgan fingerprint density at radius 3 is 2.67 bits per heavy atom. The molecule has 0 radical (unpaired) electrons. The summed E-state index contributed by atoms with van der Waals surface area (Å²) in [6.45, 7) is 3.11. The van der Waals surface area contributed by atoms with Crippen molar-refractivity contribution in [2.75, 3.05) is 18.1 Å². The summed E-state index contributed by atoms with van der Waals surface area (Å²) < 4.78 is 11.8. The van der Waals surface area contributed by atoms with Gasteiger partial charge in [-0.2, -0.15) is 0 Å². The molecule has 1 N–H and O–H groups in total. The fourth-order valence-electron chi connectivity index (χ4n) is 3.62. The first kappa shape index (κ1) is 21.7. The molecule has 2 aromatic rings. The average Bonchev–Trinajstić information content (AvgIpc) is 2.74. The number of aliphatic carboxylic acids is 1. The maximum absolute atomic E-state index is 13.1. The number of hydrogen-bond donors (Lipinski definition) is 1. The maximum atomic E-state index is 13.1. The third-order valence-corrected chi connectivity index (χ3v) is 5.15. The first-order chi connectivity index (χ1) is 14.6. The summed E-state index contributed by atoms with van der Waals surface area (Å²) in [4.78, 5) is 25.9. The van der Waals surface area contributed by atoms with Crippen molar-refractivity contribution in [1.82, 2.24) is 0 Å². The lowest BCUT2D eigenvalue weighted by molar-refractivity contribution is -0.136. The molecule has 30 heavy (non-hydrogen) atoms. The fourth-order valence-corrected chi connectivity index (χ4v) is 3.62. The predicted molar refractivity (Wildman–Crippen MR) is 115 cm³/mol. The van der Waals surface area contributed by atoms with Crippen LogP contribution in [-0.2, 0) is 16.0 Å². The van der Waals surface area contributed by atoms with Crippen molar-refractivity contribution in [2.45, 2.75) is 51.6 Å². The SMILES string of the molecule is CCCCCCN1C(=O)[C@H](CCOc2ccccc2CC(=O)O)Oc2ccccc21. The molecule has 2 aromatic carbocycles. The van der Waals surface area contributed by atoms with Crippen molar-refractivity contribution in [3.8, 4) is 11.5 Å². The van der Waals surface area contributed by atoms with Crippen molar-refractivity contribution in [3.05, 3.63) is 54.1 Å². The molecule has 0 aromatic heterocycles. The van der Waals surface area contributed by atoms with Gasteiger partial charge in [-0.15, -0.1) is 0 Å². The van der Waals surface area contributed by atoms with Crippen LogP contribution < -0.4 is 14.4 Å². The van der Waals surface area contributed by atoms with Crippen LogP contribution in [0.2, 0.25) is 0 Å². The number of carbonyl (C=O) groups is 2. The zero-order chi connectivity index (χ0) is 21.3. The minimum Gasteiger partial charge on any atom is -0.493 e. The van der Waals surface area contributed by atoms with Crippen LogP contribution >= 0.6 is 0 Å². The first-order valence-corrected chi connectivity index (χ1v) is 10.6. The molecule has 6 heteroatoms. The molecule has 0 saturated carbocycles. The predicted octanol–water partition coefficient (Wildman–Crippen LogP) is 4.46. The van der Waals surface area contributed by atoms with Crippen molar-refractivity contribution in [1.29, 1.82) is 0 Å². The zero-order valence-electron chi connectivity index (χ0n) is 17.4. The molecule has 0 bridgehead atoms. The lowest BCUT2D eigenvalue weighted by Crippen LogP contribution is -2.47. The second-order valence-corrected chi connectivity index (χ2v) is 7.44. The number of benzene rings is 2. The van der Waals surface area contributed by atoms with Crippen molar-refractivity contribution in [3.63, 3.8) is 0 Å². The zero-order valence-corrected chi connectivity index (χ0v) is 17.4. The quantitative estimate of drug-likeness (QED) is 0.553. The number of unbranched alkanes of at least 4 members (excludes halogenated alkanes) is 3. The van der Waals surface area contributed by atoms with E-state index in [1.165, 1.54) is 0 Å². The van der Waals surface area contributed by atoms with Crippen LogP contribution in [0.25, 0.3) is 0 Å². The number of nitrogens with zero attached hydrogens (tertiary/aromatic N) is 1. The van der Waals surface area contributed by atoms with Crippen LogP contribution in [0, 0.1) is 0 Å². The van der Waals surface area contributed by atoms with E-state index in [4.69, 9.17) is 14.6 Å². The van der Waals surface area contributed by atoms with Crippen molar-refractivity contribution in [2.24, 2.45) is 0 Å². The highest BCUT2D eigenvalue weighted by Gasteiger charge is 2.33.